The molecule has 6 nitrogen and oxygen atoms in total. The van der Waals surface area contributed by atoms with Crippen LogP contribution in [0.25, 0.3) is 10.1 Å². The molecule has 3 N–H and O–H groups in total. The topological polar surface area (TPSA) is 98.5 Å². The quantitative estimate of drug-likeness (QED) is 0.638. The Morgan fingerprint density at radius 3 is 2.77 bits per heavy atom. The molecule has 2 aromatic rings. The molecule has 1 aromatic carbocycles. The second-order valence-electron chi connectivity index (χ2n) is 4.88. The fourth-order valence-corrected chi connectivity index (χ4v) is 4.07. The highest BCUT2D eigenvalue weighted by molar-refractivity contribution is 7.91. The largest absolute Gasteiger partial charge is 0.425 e. The van der Waals surface area contributed by atoms with Crippen LogP contribution in [0, 0.1) is 0 Å². The summed E-state index contributed by atoms with van der Waals surface area (Å²) < 4.78 is 28.9. The van der Waals surface area contributed by atoms with Gasteiger partial charge in [0.25, 0.3) is 0 Å². The average Bonchev–Trinajstić information content (AvgIpc) is 3.06. The van der Waals surface area contributed by atoms with Gasteiger partial charge in [0, 0.05) is 4.70 Å². The Morgan fingerprint density at radius 1 is 1.36 bits per heavy atom. The molecule has 22 heavy (non-hydrogen) atoms. The summed E-state index contributed by atoms with van der Waals surface area (Å²) in [6, 6.07) is 6.24. The predicted octanol–water partition coefficient (Wildman–Crippen LogP) is 1.63. The molecule has 0 radical (unpaired) electrons. The van der Waals surface area contributed by atoms with Gasteiger partial charge in [0.15, 0.2) is 0 Å². The monoisotopic (exact) mass is 362 g/mol. The van der Waals surface area contributed by atoms with Crippen molar-refractivity contribution in [2.24, 2.45) is 5.14 Å². The fraction of sp³-hybridized carbons (Fsp3) is 0.308. The van der Waals surface area contributed by atoms with Crippen LogP contribution in [-0.4, -0.2) is 27.0 Å². The minimum atomic E-state index is -3.71. The molecule has 9 heteroatoms. The maximum Gasteiger partial charge on any atom is 0.328 e. The summed E-state index contributed by atoms with van der Waals surface area (Å²) in [5.41, 5.74) is 0. The van der Waals surface area contributed by atoms with Crippen LogP contribution in [0.2, 0.25) is 0 Å². The average molecular weight is 363 g/mol. The van der Waals surface area contributed by atoms with Gasteiger partial charge in [0.2, 0.25) is 10.0 Å². The number of primary sulfonamides is 1. The Bertz CT molecular complexity index is 797. The van der Waals surface area contributed by atoms with E-state index in [0.29, 0.717) is 11.1 Å². The third kappa shape index (κ3) is 3.58. The lowest BCUT2D eigenvalue weighted by Gasteiger charge is -2.09. The molecule has 3 rings (SSSR count). The first-order valence-corrected chi connectivity index (χ1v) is 8.81. The summed E-state index contributed by atoms with van der Waals surface area (Å²) in [5.74, 6) is 0.0914. The van der Waals surface area contributed by atoms with Gasteiger partial charge in [0.05, 0.1) is 0 Å². The van der Waals surface area contributed by atoms with Gasteiger partial charge in [-0.25, -0.2) is 18.4 Å². The minimum Gasteiger partial charge on any atom is -0.425 e. The molecule has 1 aliphatic heterocycles. The number of thiophene rings is 1. The Morgan fingerprint density at radius 2 is 2.14 bits per heavy atom. The number of sulfonamides is 1. The lowest BCUT2D eigenvalue weighted by molar-refractivity contribution is -0.136. The molecule has 0 bridgehead atoms. The highest BCUT2D eigenvalue weighted by Gasteiger charge is 2.24. The summed E-state index contributed by atoms with van der Waals surface area (Å²) in [4.78, 5) is 11.9. The number of halogens is 1. The number of ether oxygens (including phenoxy) is 1. The number of benzene rings is 1. The Kier molecular flexibility index (Phi) is 5.08. The smallest absolute Gasteiger partial charge is 0.328 e. The Labute approximate surface area is 138 Å². The molecule has 1 saturated heterocycles. The molecular formula is C13H15ClN2O4S2. The van der Waals surface area contributed by atoms with Gasteiger partial charge in [-0.15, -0.1) is 23.7 Å². The molecule has 1 aromatic heterocycles. The van der Waals surface area contributed by atoms with Crippen molar-refractivity contribution in [3.05, 3.63) is 24.3 Å². The first-order chi connectivity index (χ1) is 9.93. The second kappa shape index (κ2) is 6.51. The van der Waals surface area contributed by atoms with Crippen LogP contribution in [-0.2, 0) is 14.8 Å². The van der Waals surface area contributed by atoms with Crippen molar-refractivity contribution in [1.82, 2.24) is 5.32 Å². The normalized spacial score (nSPS) is 18.1. The summed E-state index contributed by atoms with van der Waals surface area (Å²) in [5, 5.41) is 8.87. The molecule has 1 fully saturated rings. The highest BCUT2D eigenvalue weighted by Crippen LogP contribution is 2.31. The van der Waals surface area contributed by atoms with Crippen LogP contribution in [0.4, 0.5) is 0 Å². The molecule has 0 amide bonds. The van der Waals surface area contributed by atoms with Gasteiger partial charge in [0.1, 0.15) is 16.0 Å². The van der Waals surface area contributed by atoms with Gasteiger partial charge in [-0.1, -0.05) is 0 Å². The molecule has 1 atom stereocenters. The third-order valence-electron chi connectivity index (χ3n) is 3.31. The Hall–Kier alpha value is -1.19. The van der Waals surface area contributed by atoms with E-state index in [1.807, 2.05) is 0 Å². The van der Waals surface area contributed by atoms with Crippen LogP contribution in [0.3, 0.4) is 0 Å². The van der Waals surface area contributed by atoms with Gasteiger partial charge in [-0.2, -0.15) is 0 Å². The predicted molar refractivity (Wildman–Crippen MR) is 87.1 cm³/mol. The van der Waals surface area contributed by atoms with Crippen LogP contribution in [0.15, 0.2) is 28.5 Å². The number of carbonyl (C=O) groups excluding carboxylic acids is 1. The SMILES string of the molecule is Cl.NS(=O)(=O)c1cc2cc(OC(=O)[C@@H]3CCCN3)ccc2s1. The number of carbonyl (C=O) groups is 1. The Balaban J connectivity index is 0.00000176. The zero-order valence-corrected chi connectivity index (χ0v) is 13.9. The number of hydrogen-bond donors (Lipinski definition) is 2. The molecule has 0 spiro atoms. The summed E-state index contributed by atoms with van der Waals surface area (Å²) >= 11 is 1.09. The second-order valence-corrected chi connectivity index (χ2v) is 7.75. The number of esters is 1. The molecule has 0 saturated carbocycles. The van der Waals surface area contributed by atoms with Crippen molar-refractivity contribution in [2.75, 3.05) is 6.54 Å². The number of hydrogen-bond acceptors (Lipinski definition) is 6. The van der Waals surface area contributed by atoms with Crippen LogP contribution >= 0.6 is 23.7 Å². The van der Waals surface area contributed by atoms with E-state index in [1.54, 1.807) is 18.2 Å². The van der Waals surface area contributed by atoms with Gasteiger partial charge < -0.3 is 10.1 Å². The van der Waals surface area contributed by atoms with Gasteiger partial charge in [-0.05, 0) is 49.0 Å². The molecule has 0 unspecified atom stereocenters. The number of rotatable bonds is 3. The van der Waals surface area contributed by atoms with Crippen LogP contribution in [0.5, 0.6) is 5.75 Å². The maximum atomic E-state index is 11.9. The van der Waals surface area contributed by atoms with Crippen molar-refractivity contribution in [1.29, 1.82) is 0 Å². The lowest BCUT2D eigenvalue weighted by atomic mass is 10.2. The van der Waals surface area contributed by atoms with E-state index in [2.05, 4.69) is 5.32 Å². The summed E-state index contributed by atoms with van der Waals surface area (Å²) in [6.45, 7) is 0.820. The highest BCUT2D eigenvalue weighted by atomic mass is 35.5. The van der Waals surface area contributed by atoms with Crippen LogP contribution < -0.4 is 15.2 Å². The molecule has 1 aliphatic rings. The first kappa shape index (κ1) is 17.2. The van der Waals surface area contributed by atoms with E-state index in [4.69, 9.17) is 9.88 Å². The van der Waals surface area contributed by atoms with Crippen molar-refractivity contribution in [2.45, 2.75) is 23.1 Å². The first-order valence-electron chi connectivity index (χ1n) is 6.45. The van der Waals surface area contributed by atoms with E-state index < -0.39 is 10.0 Å². The number of nitrogens with one attached hydrogen (secondary N) is 1. The molecular weight excluding hydrogens is 348 g/mol. The van der Waals surface area contributed by atoms with Crippen LogP contribution in [0.1, 0.15) is 12.8 Å². The molecule has 0 aliphatic carbocycles. The van der Waals surface area contributed by atoms with Crippen molar-refractivity contribution >= 4 is 49.8 Å². The van der Waals surface area contributed by atoms with E-state index in [9.17, 15) is 13.2 Å². The van der Waals surface area contributed by atoms with Crippen molar-refractivity contribution < 1.29 is 17.9 Å². The van der Waals surface area contributed by atoms with E-state index >= 15 is 0 Å². The summed E-state index contributed by atoms with van der Waals surface area (Å²) in [7, 11) is -3.71. The van der Waals surface area contributed by atoms with Crippen molar-refractivity contribution in [3.8, 4) is 5.75 Å². The molecule has 2 heterocycles. The van der Waals surface area contributed by atoms with E-state index in [0.717, 1.165) is 35.4 Å². The zero-order chi connectivity index (χ0) is 15.0. The standard InChI is InChI=1S/C13H14N2O4S2.ClH/c14-21(17,18)12-7-8-6-9(3-4-11(8)20-12)19-13(16)10-2-1-5-15-10;/h3-4,6-7,10,15H,1-2,5H2,(H2,14,17,18);1H/t10-;/m0./s1. The van der Waals surface area contributed by atoms with Gasteiger partial charge >= 0.3 is 5.97 Å². The fourth-order valence-electron chi connectivity index (χ4n) is 2.27. The number of nitrogens with two attached hydrogens (primary N) is 1. The lowest BCUT2D eigenvalue weighted by Crippen LogP contribution is -2.34. The maximum absolute atomic E-state index is 11.9. The minimum absolute atomic E-state index is 0. The van der Waals surface area contributed by atoms with Gasteiger partial charge in [-0.3, -0.25) is 0 Å². The summed E-state index contributed by atoms with van der Waals surface area (Å²) in [6.07, 6.45) is 1.73. The van der Waals surface area contributed by atoms with E-state index in [-0.39, 0.29) is 28.6 Å². The van der Waals surface area contributed by atoms with E-state index in [1.165, 1.54) is 6.07 Å². The van der Waals surface area contributed by atoms with Crippen molar-refractivity contribution in [3.63, 3.8) is 0 Å². The molecule has 120 valence electrons. The third-order valence-corrected chi connectivity index (χ3v) is 5.85. The zero-order valence-electron chi connectivity index (χ0n) is 11.4. The number of fused-ring (bicyclic) bond motifs is 1.